The van der Waals surface area contributed by atoms with Gasteiger partial charge in [0, 0.05) is 18.0 Å². The predicted octanol–water partition coefficient (Wildman–Crippen LogP) is 4.03. The van der Waals surface area contributed by atoms with Crippen LogP contribution in [-0.4, -0.2) is 36.4 Å². The van der Waals surface area contributed by atoms with E-state index in [9.17, 15) is 23.1 Å². The standard InChI is InChI=1S/C28H28N4O6S/c1-16-7-6-8-20(13-16)31-39(36,37)21-9-10-23(24(14-21)38-5)29-15-22-26(33)30-28(35)32(27(22)34)25-18(3)11-17(2)12-19(25)4/h6-15,31,34H,1-5H3,(H,30,33,35). The molecule has 0 bridgehead atoms. The van der Waals surface area contributed by atoms with Crippen molar-refractivity contribution >= 4 is 27.6 Å². The predicted molar refractivity (Wildman–Crippen MR) is 151 cm³/mol. The fourth-order valence-electron chi connectivity index (χ4n) is 4.38. The molecule has 0 aliphatic rings. The number of hydrogen-bond acceptors (Lipinski definition) is 7. The molecule has 0 unspecified atom stereocenters. The van der Waals surface area contributed by atoms with Gasteiger partial charge < -0.3 is 9.84 Å². The maximum atomic E-state index is 12.9. The van der Waals surface area contributed by atoms with Crippen molar-refractivity contribution in [3.05, 3.63) is 103 Å². The van der Waals surface area contributed by atoms with Gasteiger partial charge in [-0.15, -0.1) is 0 Å². The van der Waals surface area contributed by atoms with Gasteiger partial charge in [-0.3, -0.25) is 19.5 Å². The van der Waals surface area contributed by atoms with E-state index in [0.29, 0.717) is 11.4 Å². The van der Waals surface area contributed by atoms with Crippen molar-refractivity contribution in [1.82, 2.24) is 9.55 Å². The Labute approximate surface area is 225 Å². The van der Waals surface area contributed by atoms with Gasteiger partial charge in [-0.05, 0) is 68.7 Å². The molecule has 3 N–H and O–H groups in total. The molecule has 0 saturated carbocycles. The average molecular weight is 549 g/mol. The van der Waals surface area contributed by atoms with Gasteiger partial charge >= 0.3 is 5.69 Å². The van der Waals surface area contributed by atoms with Crippen LogP contribution in [0.15, 0.2) is 74.1 Å². The van der Waals surface area contributed by atoms with Crippen molar-refractivity contribution in [2.24, 2.45) is 4.99 Å². The minimum Gasteiger partial charge on any atom is -0.494 e. The summed E-state index contributed by atoms with van der Waals surface area (Å²) >= 11 is 0. The van der Waals surface area contributed by atoms with Gasteiger partial charge in [0.05, 0.1) is 17.7 Å². The molecule has 0 spiro atoms. The molecule has 3 aromatic carbocycles. The van der Waals surface area contributed by atoms with E-state index in [0.717, 1.165) is 33.0 Å². The molecule has 10 nitrogen and oxygen atoms in total. The van der Waals surface area contributed by atoms with Crippen molar-refractivity contribution in [1.29, 1.82) is 0 Å². The smallest absolute Gasteiger partial charge is 0.335 e. The molecule has 0 atom stereocenters. The number of nitrogens with one attached hydrogen (secondary N) is 2. The van der Waals surface area contributed by atoms with E-state index < -0.39 is 27.2 Å². The molecule has 11 heteroatoms. The largest absolute Gasteiger partial charge is 0.494 e. The quantitative estimate of drug-likeness (QED) is 0.298. The second-order valence-electron chi connectivity index (χ2n) is 9.15. The normalized spacial score (nSPS) is 11.6. The number of aromatic amines is 1. The summed E-state index contributed by atoms with van der Waals surface area (Å²) in [7, 11) is -2.57. The van der Waals surface area contributed by atoms with E-state index in [4.69, 9.17) is 4.74 Å². The maximum Gasteiger partial charge on any atom is 0.335 e. The number of nitrogens with zero attached hydrogens (tertiary/aromatic N) is 2. The summed E-state index contributed by atoms with van der Waals surface area (Å²) in [5.74, 6) is -0.462. The van der Waals surface area contributed by atoms with Crippen molar-refractivity contribution in [3.63, 3.8) is 0 Å². The summed E-state index contributed by atoms with van der Waals surface area (Å²) in [5.41, 5.74) is 2.53. The van der Waals surface area contributed by atoms with Crippen molar-refractivity contribution in [3.8, 4) is 17.3 Å². The Morgan fingerprint density at radius 2 is 1.67 bits per heavy atom. The lowest BCUT2D eigenvalue weighted by Crippen LogP contribution is -2.32. The van der Waals surface area contributed by atoms with E-state index in [1.807, 2.05) is 32.0 Å². The lowest BCUT2D eigenvalue weighted by molar-refractivity contribution is 0.415. The van der Waals surface area contributed by atoms with Crippen LogP contribution in [0.2, 0.25) is 0 Å². The fraction of sp³-hybridized carbons (Fsp3) is 0.179. The third-order valence-corrected chi connectivity index (χ3v) is 7.42. The molecule has 0 aliphatic heterocycles. The molecule has 39 heavy (non-hydrogen) atoms. The zero-order valence-corrected chi connectivity index (χ0v) is 22.9. The van der Waals surface area contributed by atoms with Crippen LogP contribution in [-0.2, 0) is 10.0 Å². The number of sulfonamides is 1. The Hall–Kier alpha value is -4.64. The summed E-state index contributed by atoms with van der Waals surface area (Å²) in [6.45, 7) is 7.37. The van der Waals surface area contributed by atoms with Gasteiger partial charge in [0.15, 0.2) is 0 Å². The maximum absolute atomic E-state index is 12.9. The van der Waals surface area contributed by atoms with Crippen molar-refractivity contribution < 1.29 is 18.3 Å². The summed E-state index contributed by atoms with van der Waals surface area (Å²) in [6, 6.07) is 14.7. The van der Waals surface area contributed by atoms with Gasteiger partial charge in [0.2, 0.25) is 5.88 Å². The van der Waals surface area contributed by atoms with Gasteiger partial charge in [0.1, 0.15) is 17.0 Å². The highest BCUT2D eigenvalue weighted by atomic mass is 32.2. The summed E-state index contributed by atoms with van der Waals surface area (Å²) in [6.07, 6.45) is 1.10. The zero-order chi connectivity index (χ0) is 28.5. The molecular formula is C28H28N4O6S. The van der Waals surface area contributed by atoms with Crippen LogP contribution in [0.5, 0.6) is 11.6 Å². The minimum atomic E-state index is -3.93. The molecule has 0 fully saturated rings. The molecule has 1 aromatic heterocycles. The molecule has 0 saturated heterocycles. The first kappa shape index (κ1) is 27.4. The van der Waals surface area contributed by atoms with Crippen LogP contribution in [0, 0.1) is 27.7 Å². The summed E-state index contributed by atoms with van der Waals surface area (Å²) in [5, 5.41) is 11.0. The molecule has 0 radical (unpaired) electrons. The first-order valence-electron chi connectivity index (χ1n) is 11.9. The summed E-state index contributed by atoms with van der Waals surface area (Å²) in [4.78, 5) is 31.7. The highest BCUT2D eigenvalue weighted by Crippen LogP contribution is 2.31. The minimum absolute atomic E-state index is 0.0561. The average Bonchev–Trinajstić information content (AvgIpc) is 2.85. The van der Waals surface area contributed by atoms with Crippen molar-refractivity contribution in [2.45, 2.75) is 32.6 Å². The number of benzene rings is 3. The molecule has 202 valence electrons. The second kappa shape index (κ2) is 10.6. The molecule has 4 rings (SSSR count). The number of hydrogen-bond donors (Lipinski definition) is 3. The Morgan fingerprint density at radius 3 is 2.31 bits per heavy atom. The lowest BCUT2D eigenvalue weighted by atomic mass is 10.0. The van der Waals surface area contributed by atoms with Crippen LogP contribution in [0.3, 0.4) is 0 Å². The van der Waals surface area contributed by atoms with Crippen LogP contribution in [0.4, 0.5) is 11.4 Å². The van der Waals surface area contributed by atoms with Crippen molar-refractivity contribution in [2.75, 3.05) is 11.8 Å². The van der Waals surface area contributed by atoms with E-state index >= 15 is 0 Å². The molecule has 4 aromatic rings. The Balaban J connectivity index is 1.73. The van der Waals surface area contributed by atoms with Gasteiger partial charge in [-0.2, -0.15) is 0 Å². The number of ether oxygens (including phenoxy) is 1. The highest BCUT2D eigenvalue weighted by Gasteiger charge is 2.19. The first-order valence-corrected chi connectivity index (χ1v) is 13.4. The number of aromatic hydroxyl groups is 1. The lowest BCUT2D eigenvalue weighted by Gasteiger charge is -2.15. The molecule has 1 heterocycles. The number of aromatic nitrogens is 2. The highest BCUT2D eigenvalue weighted by molar-refractivity contribution is 7.92. The number of aryl methyl sites for hydroxylation is 4. The number of H-pyrrole nitrogens is 1. The fourth-order valence-corrected chi connectivity index (χ4v) is 5.44. The monoisotopic (exact) mass is 548 g/mol. The van der Waals surface area contributed by atoms with Gasteiger partial charge in [-0.25, -0.2) is 17.8 Å². The molecular weight excluding hydrogens is 520 g/mol. The van der Waals surface area contributed by atoms with Crippen LogP contribution in [0.1, 0.15) is 27.8 Å². The van der Waals surface area contributed by atoms with Crippen LogP contribution < -0.4 is 20.7 Å². The van der Waals surface area contributed by atoms with Gasteiger partial charge in [-0.1, -0.05) is 29.8 Å². The Bertz CT molecular complexity index is 1810. The zero-order valence-electron chi connectivity index (χ0n) is 22.1. The third kappa shape index (κ3) is 5.63. The van der Waals surface area contributed by atoms with E-state index in [1.54, 1.807) is 32.0 Å². The second-order valence-corrected chi connectivity index (χ2v) is 10.8. The first-order chi connectivity index (χ1) is 18.4. The Morgan fingerprint density at radius 1 is 0.974 bits per heavy atom. The SMILES string of the molecule is COc1cc(S(=O)(=O)Nc2cccc(C)c2)ccc1N=Cc1c(O)n(-c2c(C)cc(C)cc2C)c(=O)[nH]c1=O. The van der Waals surface area contributed by atoms with Crippen LogP contribution >= 0.6 is 0 Å². The molecule has 0 aliphatic carbocycles. The third-order valence-electron chi connectivity index (χ3n) is 6.04. The number of methoxy groups -OCH3 is 1. The Kier molecular flexibility index (Phi) is 7.46. The number of rotatable bonds is 7. The van der Waals surface area contributed by atoms with E-state index in [2.05, 4.69) is 14.7 Å². The number of anilines is 1. The van der Waals surface area contributed by atoms with E-state index in [-0.39, 0.29) is 21.9 Å². The molecule has 0 amide bonds. The number of aliphatic imine (C=N–C) groups is 1. The topological polar surface area (TPSA) is 143 Å². The van der Waals surface area contributed by atoms with E-state index in [1.165, 1.54) is 25.3 Å². The van der Waals surface area contributed by atoms with Crippen LogP contribution in [0.25, 0.3) is 5.69 Å². The summed E-state index contributed by atoms with van der Waals surface area (Å²) < 4.78 is 34.7. The van der Waals surface area contributed by atoms with Gasteiger partial charge in [0.25, 0.3) is 15.6 Å².